The average molecular weight is 519 g/mol. The molecule has 0 spiro atoms. The molecule has 1 fully saturated rings. The van der Waals surface area contributed by atoms with Crippen molar-refractivity contribution in [2.45, 2.75) is 0 Å². The standard InChI is InChI=1S/C25H34N4O4S2/c30-12-9-26-25(31)21-1-3-22(4-2-21)27-28-23-5-7-24(8-6-23)29-10-17-34-19-15-32-13-14-33-16-20-35-18-11-29/h1-8,30H,9-20H2,(H,26,31). The Morgan fingerprint density at radius 3 is 1.91 bits per heavy atom. The predicted molar refractivity (Wildman–Crippen MR) is 145 cm³/mol. The molecule has 0 radical (unpaired) electrons. The van der Waals surface area contributed by atoms with Gasteiger partial charge in [-0.2, -0.15) is 33.8 Å². The molecule has 0 unspecified atom stereocenters. The molecule has 0 atom stereocenters. The molecule has 2 N–H and O–H groups in total. The number of anilines is 1. The summed E-state index contributed by atoms with van der Waals surface area (Å²) >= 11 is 3.83. The molecular formula is C25H34N4O4S2. The molecule has 2 aromatic rings. The molecule has 1 amide bonds. The average Bonchev–Trinajstić information content (AvgIpc) is 2.91. The molecule has 3 rings (SSSR count). The molecule has 190 valence electrons. The van der Waals surface area contributed by atoms with Crippen molar-refractivity contribution in [3.05, 3.63) is 54.1 Å². The number of ether oxygens (including phenoxy) is 2. The first-order valence-electron chi connectivity index (χ1n) is 11.8. The lowest BCUT2D eigenvalue weighted by molar-refractivity contribution is 0.0605. The number of aliphatic hydroxyl groups excluding tert-OH is 1. The maximum absolute atomic E-state index is 11.9. The largest absolute Gasteiger partial charge is 0.395 e. The zero-order valence-electron chi connectivity index (χ0n) is 19.9. The normalized spacial score (nSPS) is 17.0. The van der Waals surface area contributed by atoms with Gasteiger partial charge in [-0.3, -0.25) is 4.79 Å². The van der Waals surface area contributed by atoms with Crippen LogP contribution in [0.4, 0.5) is 17.1 Å². The lowest BCUT2D eigenvalue weighted by atomic mass is 10.2. The minimum absolute atomic E-state index is 0.0859. The minimum atomic E-state index is -0.222. The summed E-state index contributed by atoms with van der Waals surface area (Å²) in [4.78, 5) is 14.3. The molecule has 10 heteroatoms. The molecule has 0 bridgehead atoms. The summed E-state index contributed by atoms with van der Waals surface area (Å²) in [6.45, 7) is 5.00. The van der Waals surface area contributed by atoms with Gasteiger partial charge in [-0.1, -0.05) is 0 Å². The van der Waals surface area contributed by atoms with Crippen LogP contribution in [-0.4, -0.2) is 86.7 Å². The van der Waals surface area contributed by atoms with Crippen LogP contribution in [0.3, 0.4) is 0 Å². The second-order valence-corrected chi connectivity index (χ2v) is 10.1. The summed E-state index contributed by atoms with van der Waals surface area (Å²) < 4.78 is 11.2. The van der Waals surface area contributed by atoms with E-state index in [0.29, 0.717) is 24.5 Å². The number of azo groups is 1. The van der Waals surface area contributed by atoms with Gasteiger partial charge in [0.2, 0.25) is 0 Å². The van der Waals surface area contributed by atoms with E-state index in [1.54, 1.807) is 24.3 Å². The van der Waals surface area contributed by atoms with Crippen molar-refractivity contribution in [3.63, 3.8) is 0 Å². The highest BCUT2D eigenvalue weighted by atomic mass is 32.2. The van der Waals surface area contributed by atoms with Gasteiger partial charge in [0, 0.05) is 53.9 Å². The fourth-order valence-electron chi connectivity index (χ4n) is 3.28. The van der Waals surface area contributed by atoms with Crippen LogP contribution in [0.2, 0.25) is 0 Å². The van der Waals surface area contributed by atoms with E-state index in [2.05, 4.69) is 32.6 Å². The van der Waals surface area contributed by atoms with Gasteiger partial charge in [-0.25, -0.2) is 0 Å². The summed E-state index contributed by atoms with van der Waals surface area (Å²) in [5, 5.41) is 20.1. The third-order valence-electron chi connectivity index (χ3n) is 5.15. The molecule has 35 heavy (non-hydrogen) atoms. The number of hydrogen-bond acceptors (Lipinski definition) is 9. The van der Waals surface area contributed by atoms with Gasteiger partial charge in [-0.15, -0.1) is 0 Å². The van der Waals surface area contributed by atoms with Crippen LogP contribution < -0.4 is 10.2 Å². The Kier molecular flexibility index (Phi) is 13.0. The van der Waals surface area contributed by atoms with E-state index in [1.165, 1.54) is 5.69 Å². The van der Waals surface area contributed by atoms with Crippen LogP contribution in [0.15, 0.2) is 58.8 Å². The molecule has 2 aromatic carbocycles. The predicted octanol–water partition coefficient (Wildman–Crippen LogP) is 4.14. The number of benzene rings is 2. The highest BCUT2D eigenvalue weighted by Crippen LogP contribution is 2.23. The first kappa shape index (κ1) is 27.5. The van der Waals surface area contributed by atoms with Crippen LogP contribution in [0, 0.1) is 0 Å². The second kappa shape index (κ2) is 16.5. The molecule has 0 aromatic heterocycles. The zero-order chi connectivity index (χ0) is 24.6. The van der Waals surface area contributed by atoms with E-state index in [9.17, 15) is 4.79 Å². The number of rotatable bonds is 6. The van der Waals surface area contributed by atoms with Crippen molar-refractivity contribution in [2.24, 2.45) is 10.2 Å². The number of thioether (sulfide) groups is 2. The Morgan fingerprint density at radius 1 is 0.829 bits per heavy atom. The fourth-order valence-corrected chi connectivity index (χ4v) is 4.86. The van der Waals surface area contributed by atoms with Crippen LogP contribution in [0.25, 0.3) is 0 Å². The number of nitrogens with one attached hydrogen (secondary N) is 1. The van der Waals surface area contributed by atoms with Crippen molar-refractivity contribution in [1.82, 2.24) is 5.32 Å². The van der Waals surface area contributed by atoms with Gasteiger partial charge in [0.15, 0.2) is 0 Å². The Bertz CT molecular complexity index is 881. The Labute approximate surface area is 215 Å². The number of nitrogens with zero attached hydrogens (tertiary/aromatic N) is 3. The fraction of sp³-hybridized carbons (Fsp3) is 0.480. The first-order valence-corrected chi connectivity index (χ1v) is 14.1. The zero-order valence-corrected chi connectivity index (χ0v) is 21.6. The quantitative estimate of drug-likeness (QED) is 0.555. The molecule has 1 saturated heterocycles. The summed E-state index contributed by atoms with van der Waals surface area (Å²) in [6.07, 6.45) is 0. The number of amides is 1. The lowest BCUT2D eigenvalue weighted by Crippen LogP contribution is -2.28. The van der Waals surface area contributed by atoms with Gasteiger partial charge < -0.3 is 24.8 Å². The highest BCUT2D eigenvalue weighted by molar-refractivity contribution is 7.99. The highest BCUT2D eigenvalue weighted by Gasteiger charge is 2.08. The Balaban J connectivity index is 1.55. The first-order chi connectivity index (χ1) is 17.3. The van der Waals surface area contributed by atoms with E-state index in [4.69, 9.17) is 14.6 Å². The topological polar surface area (TPSA) is 95.8 Å². The molecular weight excluding hydrogens is 484 g/mol. The van der Waals surface area contributed by atoms with Gasteiger partial charge in [-0.05, 0) is 48.5 Å². The number of aliphatic hydroxyl groups is 1. The number of carbonyl (C=O) groups is 1. The van der Waals surface area contributed by atoms with Crippen molar-refractivity contribution < 1.29 is 19.4 Å². The summed E-state index contributed by atoms with van der Waals surface area (Å²) in [7, 11) is 0. The Morgan fingerprint density at radius 2 is 1.37 bits per heavy atom. The van der Waals surface area contributed by atoms with Crippen molar-refractivity contribution in [2.75, 3.05) is 80.6 Å². The third kappa shape index (κ3) is 10.6. The molecule has 0 aliphatic carbocycles. The van der Waals surface area contributed by atoms with Crippen molar-refractivity contribution in [3.8, 4) is 0 Å². The summed E-state index contributed by atoms with van der Waals surface area (Å²) in [6, 6.07) is 15.0. The Hall–Kier alpha value is -2.11. The third-order valence-corrected chi connectivity index (χ3v) is 7.00. The summed E-state index contributed by atoms with van der Waals surface area (Å²) in [5.74, 6) is 3.88. The molecule has 1 heterocycles. The van der Waals surface area contributed by atoms with E-state index >= 15 is 0 Å². The number of carbonyl (C=O) groups excluding carboxylic acids is 1. The maximum Gasteiger partial charge on any atom is 0.251 e. The molecule has 0 saturated carbocycles. The monoisotopic (exact) mass is 518 g/mol. The van der Waals surface area contributed by atoms with Crippen molar-refractivity contribution in [1.29, 1.82) is 0 Å². The van der Waals surface area contributed by atoms with Crippen LogP contribution in [0.1, 0.15) is 10.4 Å². The van der Waals surface area contributed by atoms with Gasteiger partial charge in [0.05, 0.1) is 44.4 Å². The van der Waals surface area contributed by atoms with Crippen LogP contribution in [0.5, 0.6) is 0 Å². The van der Waals surface area contributed by atoms with Crippen LogP contribution >= 0.6 is 23.5 Å². The van der Waals surface area contributed by atoms with Gasteiger partial charge in [0.1, 0.15) is 0 Å². The van der Waals surface area contributed by atoms with E-state index < -0.39 is 0 Å². The summed E-state index contributed by atoms with van der Waals surface area (Å²) in [5.41, 5.74) is 3.14. The smallest absolute Gasteiger partial charge is 0.251 e. The number of hydrogen-bond donors (Lipinski definition) is 2. The van der Waals surface area contributed by atoms with Gasteiger partial charge >= 0.3 is 0 Å². The maximum atomic E-state index is 11.9. The molecule has 1 aliphatic rings. The minimum Gasteiger partial charge on any atom is -0.395 e. The lowest BCUT2D eigenvalue weighted by Gasteiger charge is -2.24. The van der Waals surface area contributed by atoms with Crippen LogP contribution in [-0.2, 0) is 9.47 Å². The molecule has 1 aliphatic heterocycles. The van der Waals surface area contributed by atoms with Crippen molar-refractivity contribution >= 4 is 46.5 Å². The second-order valence-electron chi connectivity index (χ2n) is 7.68. The van der Waals surface area contributed by atoms with Gasteiger partial charge in [0.25, 0.3) is 5.91 Å². The van der Waals surface area contributed by atoms with E-state index in [-0.39, 0.29) is 19.1 Å². The van der Waals surface area contributed by atoms with E-state index in [1.807, 2.05) is 35.7 Å². The SMILES string of the molecule is O=C(NCCO)c1ccc(N=Nc2ccc(N3CCSCCOCCOCCSCC3)cc2)cc1. The molecule has 8 nitrogen and oxygen atoms in total. The van der Waals surface area contributed by atoms with E-state index in [0.717, 1.165) is 55.0 Å².